The predicted molar refractivity (Wildman–Crippen MR) is 78.9 cm³/mol. The summed E-state index contributed by atoms with van der Waals surface area (Å²) in [6.07, 6.45) is 4.37. The molecule has 0 saturated carbocycles. The maximum Gasteiger partial charge on any atom is 0.371 e. The molecule has 0 atom stereocenters. The third-order valence-electron chi connectivity index (χ3n) is 3.72. The van der Waals surface area contributed by atoms with Crippen LogP contribution in [0.2, 0.25) is 0 Å². The van der Waals surface area contributed by atoms with E-state index in [4.69, 9.17) is 9.52 Å². The molecule has 0 radical (unpaired) electrons. The fraction of sp³-hybridized carbons (Fsp3) is 0.643. The molecule has 0 bridgehead atoms. The number of aryl methyl sites for hydroxylation is 1. The number of nitrogens with one attached hydrogen (secondary N) is 1. The number of hydrogen-bond acceptors (Lipinski definition) is 4. The minimum absolute atomic E-state index is 0.0106. The second-order valence-corrected chi connectivity index (χ2v) is 5.97. The normalized spacial score (nSPS) is 11.8. The second-order valence-electron chi connectivity index (χ2n) is 4.70. The topological polar surface area (TPSA) is 62.5 Å². The quantitative estimate of drug-likeness (QED) is 0.767. The molecule has 4 nitrogen and oxygen atoms in total. The van der Waals surface area contributed by atoms with Crippen molar-refractivity contribution < 1.29 is 14.3 Å². The fourth-order valence-corrected chi connectivity index (χ4v) is 2.91. The standard InChI is InChI=1S/C14H23NO3S/c1-5-14(6-2,19-4)9-15-8-11-7-12(13(16)17)18-10(11)3/h7,15H,5-6,8-9H2,1-4H3,(H,16,17). The van der Waals surface area contributed by atoms with Gasteiger partial charge in [-0.25, -0.2) is 4.79 Å². The van der Waals surface area contributed by atoms with Crippen molar-refractivity contribution in [1.29, 1.82) is 0 Å². The summed E-state index contributed by atoms with van der Waals surface area (Å²) in [4.78, 5) is 10.8. The van der Waals surface area contributed by atoms with Crippen molar-refractivity contribution >= 4 is 17.7 Å². The molecule has 0 aliphatic rings. The number of carbonyl (C=O) groups is 1. The molecular weight excluding hydrogens is 262 g/mol. The maximum absolute atomic E-state index is 10.8. The Hall–Kier alpha value is -0.940. The van der Waals surface area contributed by atoms with Crippen LogP contribution < -0.4 is 5.32 Å². The van der Waals surface area contributed by atoms with Crippen LogP contribution in [0.25, 0.3) is 0 Å². The van der Waals surface area contributed by atoms with Gasteiger partial charge in [0.25, 0.3) is 0 Å². The predicted octanol–water partition coefficient (Wildman–Crippen LogP) is 3.30. The van der Waals surface area contributed by atoms with E-state index >= 15 is 0 Å². The Morgan fingerprint density at radius 2 is 2.11 bits per heavy atom. The average molecular weight is 285 g/mol. The highest BCUT2D eigenvalue weighted by atomic mass is 32.2. The van der Waals surface area contributed by atoms with Crippen molar-refractivity contribution in [3.8, 4) is 0 Å². The van der Waals surface area contributed by atoms with E-state index in [1.54, 1.807) is 13.0 Å². The van der Waals surface area contributed by atoms with Gasteiger partial charge in [-0.05, 0) is 32.1 Å². The van der Waals surface area contributed by atoms with Crippen LogP contribution in [0.1, 0.15) is 48.6 Å². The van der Waals surface area contributed by atoms with E-state index in [-0.39, 0.29) is 10.5 Å². The van der Waals surface area contributed by atoms with Crippen LogP contribution >= 0.6 is 11.8 Å². The molecule has 0 aliphatic heterocycles. The first kappa shape index (κ1) is 16.1. The van der Waals surface area contributed by atoms with Gasteiger partial charge in [0.2, 0.25) is 5.76 Å². The minimum atomic E-state index is -1.02. The van der Waals surface area contributed by atoms with Crippen molar-refractivity contribution in [2.24, 2.45) is 0 Å². The highest BCUT2D eigenvalue weighted by Gasteiger charge is 2.24. The molecule has 2 N–H and O–H groups in total. The molecule has 0 saturated heterocycles. The van der Waals surface area contributed by atoms with Gasteiger partial charge in [-0.3, -0.25) is 0 Å². The first-order valence-electron chi connectivity index (χ1n) is 6.56. The molecule has 0 aliphatic carbocycles. The number of carboxylic acid groups (broad SMARTS) is 1. The number of hydrogen-bond donors (Lipinski definition) is 2. The van der Waals surface area contributed by atoms with Gasteiger partial charge < -0.3 is 14.8 Å². The van der Waals surface area contributed by atoms with E-state index in [1.165, 1.54) is 0 Å². The van der Waals surface area contributed by atoms with Crippen LogP contribution in [-0.2, 0) is 6.54 Å². The molecule has 0 aromatic carbocycles. The largest absolute Gasteiger partial charge is 0.475 e. The van der Waals surface area contributed by atoms with E-state index in [2.05, 4.69) is 25.4 Å². The van der Waals surface area contributed by atoms with Gasteiger partial charge in [-0.15, -0.1) is 0 Å². The van der Waals surface area contributed by atoms with Gasteiger partial charge in [0.1, 0.15) is 5.76 Å². The zero-order valence-electron chi connectivity index (χ0n) is 12.1. The summed E-state index contributed by atoms with van der Waals surface area (Å²) in [5.74, 6) is -0.334. The Bertz CT molecular complexity index is 416. The van der Waals surface area contributed by atoms with Gasteiger partial charge in [0, 0.05) is 23.4 Å². The average Bonchev–Trinajstić information content (AvgIpc) is 2.77. The van der Waals surface area contributed by atoms with E-state index in [1.807, 2.05) is 11.8 Å². The Labute approximate surface area is 119 Å². The van der Waals surface area contributed by atoms with Gasteiger partial charge in [-0.2, -0.15) is 11.8 Å². The first-order chi connectivity index (χ1) is 8.98. The number of rotatable bonds is 8. The Morgan fingerprint density at radius 3 is 2.53 bits per heavy atom. The number of furan rings is 1. The zero-order chi connectivity index (χ0) is 14.5. The third kappa shape index (κ3) is 4.01. The number of aromatic carboxylic acids is 1. The zero-order valence-corrected chi connectivity index (χ0v) is 12.9. The lowest BCUT2D eigenvalue weighted by Gasteiger charge is -2.29. The van der Waals surface area contributed by atoms with Gasteiger partial charge in [-0.1, -0.05) is 13.8 Å². The van der Waals surface area contributed by atoms with E-state index < -0.39 is 5.97 Å². The molecule has 1 aromatic heterocycles. The molecular formula is C14H23NO3S. The molecule has 1 aromatic rings. The smallest absolute Gasteiger partial charge is 0.371 e. The molecule has 19 heavy (non-hydrogen) atoms. The summed E-state index contributed by atoms with van der Waals surface area (Å²) in [5.41, 5.74) is 0.916. The molecule has 1 heterocycles. The summed E-state index contributed by atoms with van der Waals surface area (Å²) in [6, 6.07) is 1.60. The van der Waals surface area contributed by atoms with Crippen molar-refractivity contribution in [2.45, 2.75) is 44.9 Å². The summed E-state index contributed by atoms with van der Waals surface area (Å²) < 4.78 is 5.45. The van der Waals surface area contributed by atoms with Gasteiger partial charge in [0.15, 0.2) is 0 Å². The minimum Gasteiger partial charge on any atom is -0.475 e. The summed E-state index contributed by atoms with van der Waals surface area (Å²) in [6.45, 7) is 7.75. The van der Waals surface area contributed by atoms with Crippen LogP contribution in [-0.4, -0.2) is 28.6 Å². The van der Waals surface area contributed by atoms with Gasteiger partial charge >= 0.3 is 5.97 Å². The monoisotopic (exact) mass is 285 g/mol. The van der Waals surface area contributed by atoms with Crippen molar-refractivity contribution in [3.05, 3.63) is 23.2 Å². The SMILES string of the molecule is CCC(CC)(CNCc1cc(C(=O)O)oc1C)SC. The first-order valence-corrected chi connectivity index (χ1v) is 7.79. The lowest BCUT2D eigenvalue weighted by Crippen LogP contribution is -2.36. The molecule has 0 unspecified atom stereocenters. The summed E-state index contributed by atoms with van der Waals surface area (Å²) in [5, 5.41) is 12.3. The van der Waals surface area contributed by atoms with E-state index in [0.29, 0.717) is 12.3 Å². The molecule has 0 spiro atoms. The molecule has 0 amide bonds. The van der Waals surface area contributed by atoms with Crippen molar-refractivity contribution in [3.63, 3.8) is 0 Å². The molecule has 1 rings (SSSR count). The summed E-state index contributed by atoms with van der Waals surface area (Å²) >= 11 is 1.89. The van der Waals surface area contributed by atoms with E-state index in [9.17, 15) is 4.79 Å². The Balaban J connectivity index is 2.60. The van der Waals surface area contributed by atoms with Crippen LogP contribution in [0.15, 0.2) is 10.5 Å². The number of carboxylic acids is 1. The Morgan fingerprint density at radius 1 is 1.47 bits per heavy atom. The van der Waals surface area contributed by atoms with Crippen LogP contribution in [0.4, 0.5) is 0 Å². The summed E-state index contributed by atoms with van der Waals surface area (Å²) in [7, 11) is 0. The van der Waals surface area contributed by atoms with Crippen molar-refractivity contribution in [2.75, 3.05) is 12.8 Å². The lowest BCUT2D eigenvalue weighted by atomic mass is 10.0. The highest BCUT2D eigenvalue weighted by molar-refractivity contribution is 8.00. The fourth-order valence-electron chi connectivity index (χ4n) is 2.09. The lowest BCUT2D eigenvalue weighted by molar-refractivity contribution is 0.0661. The van der Waals surface area contributed by atoms with Gasteiger partial charge in [0.05, 0.1) is 0 Å². The second kappa shape index (κ2) is 7.01. The number of thioether (sulfide) groups is 1. The van der Waals surface area contributed by atoms with Crippen LogP contribution in [0.5, 0.6) is 0 Å². The third-order valence-corrected chi connectivity index (χ3v) is 5.30. The van der Waals surface area contributed by atoms with Crippen molar-refractivity contribution in [1.82, 2.24) is 5.32 Å². The highest BCUT2D eigenvalue weighted by Crippen LogP contribution is 2.29. The maximum atomic E-state index is 10.8. The Kier molecular flexibility index (Phi) is 5.94. The molecule has 0 fully saturated rings. The van der Waals surface area contributed by atoms with E-state index in [0.717, 1.165) is 24.9 Å². The molecule has 5 heteroatoms. The van der Waals surface area contributed by atoms with Crippen LogP contribution in [0, 0.1) is 6.92 Å². The van der Waals surface area contributed by atoms with Crippen LogP contribution in [0.3, 0.4) is 0 Å². The molecule has 108 valence electrons.